The van der Waals surface area contributed by atoms with Gasteiger partial charge < -0.3 is 0 Å². The number of aryl methyl sites for hydroxylation is 12. The van der Waals surface area contributed by atoms with Crippen LogP contribution in [-0.2, 0) is 19.3 Å². The average molecular weight is 1340 g/mol. The Kier molecular flexibility index (Phi) is 21.8. The summed E-state index contributed by atoms with van der Waals surface area (Å²) in [6.45, 7) is 43.0. The molecule has 0 unspecified atom stereocenters. The zero-order valence-corrected chi connectivity index (χ0v) is 62.9. The minimum Gasteiger partial charge on any atom is -0.145 e. The fourth-order valence-electron chi connectivity index (χ4n) is 11.0. The molecule has 0 spiro atoms. The molecule has 0 N–H and O–H groups in total. The van der Waals surface area contributed by atoms with Crippen LogP contribution in [0.15, 0.2) is 84.9 Å². The summed E-state index contributed by atoms with van der Waals surface area (Å²) in [5.74, 6) is 0. The van der Waals surface area contributed by atoms with Gasteiger partial charge in [0.05, 0.1) is 0 Å². The second-order valence-electron chi connectivity index (χ2n) is 20.5. The second kappa shape index (κ2) is 28.3. The van der Waals surface area contributed by atoms with Crippen LogP contribution in [0, 0.1) is 76.2 Å². The maximum atomic E-state index is 2.44. The standard InChI is InChI=1S/C27H20S6.C23H20S4.C15H16S2.4C2H6/c1-12-5-18-14(3)27-19(15(4)26(18)29-12)10-23(33-27)25-11-24-22(32-25)9-17(31-24)7-16-8-21-20(30-16)6-13(2)28-21;1-12-5-6-16(24-12)10-17-7-8-20(26-17)21-11-19-15(4)22-18(9-13(2)25-22)14(3)23(19)27-21;1-5-11-7-13-10(4)14-12(6-8(2)16-14)9(3)15(13)17-11;4*1-2/h5-6,8-11H,7H2,1-4H3;5-9,11H,10H2,1-4H3;6-7H,5H2,1-4H3;4*1-2H3. The summed E-state index contributed by atoms with van der Waals surface area (Å²) in [4.78, 5) is 20.0. The van der Waals surface area contributed by atoms with Crippen LogP contribution in [0.5, 0.6) is 0 Å². The minimum atomic E-state index is 1.06. The zero-order chi connectivity index (χ0) is 61.3. The van der Waals surface area contributed by atoms with Gasteiger partial charge in [0.2, 0.25) is 0 Å². The fourth-order valence-corrected chi connectivity index (χ4v) is 24.9. The largest absolute Gasteiger partial charge is 0.145 e. The molecular weight excluding hydrogens is 1260 g/mol. The quantitative estimate of drug-likeness (QED) is 0.149. The molecule has 12 heterocycles. The Balaban J connectivity index is 0.000000150. The topological polar surface area (TPSA) is 0 Å². The highest BCUT2D eigenvalue weighted by atomic mass is 32.1. The van der Waals surface area contributed by atoms with Gasteiger partial charge in [0.1, 0.15) is 0 Å². The van der Waals surface area contributed by atoms with E-state index in [9.17, 15) is 0 Å². The molecule has 12 aromatic heterocycles. The number of fused-ring (bicyclic) bond motifs is 8. The van der Waals surface area contributed by atoms with Crippen molar-refractivity contribution >= 4 is 215 Å². The van der Waals surface area contributed by atoms with Gasteiger partial charge in [-0.05, 0) is 233 Å². The van der Waals surface area contributed by atoms with Gasteiger partial charge in [-0.1, -0.05) is 62.3 Å². The first kappa shape index (κ1) is 65.6. The van der Waals surface area contributed by atoms with E-state index in [1.807, 2.05) is 191 Å². The van der Waals surface area contributed by atoms with Crippen molar-refractivity contribution in [2.24, 2.45) is 0 Å². The lowest BCUT2D eigenvalue weighted by atomic mass is 10.0. The van der Waals surface area contributed by atoms with Crippen molar-refractivity contribution in [3.63, 3.8) is 0 Å². The molecule has 0 fully saturated rings. The first-order chi connectivity index (χ1) is 41.0. The van der Waals surface area contributed by atoms with Gasteiger partial charge in [0.25, 0.3) is 0 Å². The Labute approximate surface area is 553 Å². The Morgan fingerprint density at radius 3 is 1.04 bits per heavy atom. The third kappa shape index (κ3) is 13.3. The zero-order valence-electron chi connectivity index (χ0n) is 53.1. The highest BCUT2D eigenvalue weighted by molar-refractivity contribution is 7.33. The molecule has 0 saturated heterocycles. The third-order valence-electron chi connectivity index (χ3n) is 14.9. The number of benzene rings is 3. The lowest BCUT2D eigenvalue weighted by Gasteiger charge is -2.03. The SMILES string of the molecule is CC.CC.CC.CC.CCc1cc2c(C)c3sc(C)cc3c(C)c2s1.Cc1cc2sc(Cc3cc4sc(-c5cc6c(C)c7sc(C)cc7c(C)c6s5)cc4s3)cc2s1.Cc1ccc(Cc2ccc(-c3cc4c(C)c5sc(C)cc5c(C)c4s3)s2)s1. The molecule has 0 bridgehead atoms. The van der Waals surface area contributed by atoms with Gasteiger partial charge in [-0.2, -0.15) is 0 Å². The highest BCUT2D eigenvalue weighted by Crippen LogP contribution is 2.49. The molecule has 0 saturated carbocycles. The fraction of sp³-hybridized carbons (Fsp3) is 0.315. The van der Waals surface area contributed by atoms with Gasteiger partial charge in [-0.3, -0.25) is 0 Å². The predicted octanol–water partition coefficient (Wildman–Crippen LogP) is 29.6. The molecule has 0 radical (unpaired) electrons. The Morgan fingerprint density at radius 2 is 0.588 bits per heavy atom. The van der Waals surface area contributed by atoms with Crippen LogP contribution in [0.1, 0.15) is 144 Å². The van der Waals surface area contributed by atoms with Gasteiger partial charge >= 0.3 is 0 Å². The molecule has 444 valence electrons. The van der Waals surface area contributed by atoms with Gasteiger partial charge in [0.15, 0.2) is 0 Å². The van der Waals surface area contributed by atoms with Crippen LogP contribution < -0.4 is 0 Å². The second-order valence-corrected chi connectivity index (χ2v) is 34.8. The van der Waals surface area contributed by atoms with Gasteiger partial charge in [0, 0.05) is 128 Å². The first-order valence-electron chi connectivity index (χ1n) is 30.0. The van der Waals surface area contributed by atoms with E-state index in [-0.39, 0.29) is 0 Å². The monoisotopic (exact) mass is 1340 g/mol. The van der Waals surface area contributed by atoms with Gasteiger partial charge in [-0.25, -0.2) is 0 Å². The molecule has 12 heteroatoms. The maximum Gasteiger partial charge on any atom is 0.0464 e. The molecule has 15 rings (SSSR count). The third-order valence-corrected chi connectivity index (χ3v) is 29.3. The van der Waals surface area contributed by atoms with Crippen LogP contribution in [0.2, 0.25) is 0 Å². The highest BCUT2D eigenvalue weighted by Gasteiger charge is 2.20. The molecule has 85 heavy (non-hydrogen) atoms. The molecule has 15 aromatic rings. The lowest BCUT2D eigenvalue weighted by Crippen LogP contribution is -1.79. The van der Waals surface area contributed by atoms with E-state index in [0.717, 1.165) is 19.3 Å². The maximum absolute atomic E-state index is 2.44. The van der Waals surface area contributed by atoms with E-state index in [1.165, 1.54) is 181 Å². The van der Waals surface area contributed by atoms with Crippen molar-refractivity contribution in [3.8, 4) is 19.5 Å². The Hall–Kier alpha value is -3.86. The number of hydrogen-bond donors (Lipinski definition) is 0. The molecule has 0 aliphatic carbocycles. The number of rotatable bonds is 7. The Morgan fingerprint density at radius 1 is 0.235 bits per heavy atom. The van der Waals surface area contributed by atoms with Crippen LogP contribution in [0.3, 0.4) is 0 Å². The summed E-state index contributed by atoms with van der Waals surface area (Å²) in [7, 11) is 0. The van der Waals surface area contributed by atoms with Crippen molar-refractivity contribution in [1.82, 2.24) is 0 Å². The lowest BCUT2D eigenvalue weighted by molar-refractivity contribution is 1.19. The van der Waals surface area contributed by atoms with Crippen LogP contribution in [0.4, 0.5) is 0 Å². The normalized spacial score (nSPS) is 11.2. The van der Waals surface area contributed by atoms with E-state index in [2.05, 4.69) is 168 Å². The summed E-state index contributed by atoms with van der Waals surface area (Å²) in [6.07, 6.45) is 3.26. The van der Waals surface area contributed by atoms with E-state index in [1.54, 1.807) is 0 Å². The van der Waals surface area contributed by atoms with E-state index >= 15 is 0 Å². The molecule has 0 aliphatic heterocycles. The van der Waals surface area contributed by atoms with E-state index in [0.29, 0.717) is 0 Å². The Bertz CT molecular complexity index is 4520. The first-order valence-corrected chi connectivity index (χ1v) is 39.8. The van der Waals surface area contributed by atoms with Crippen molar-refractivity contribution in [2.75, 3.05) is 0 Å². The summed E-state index contributed by atoms with van der Waals surface area (Å²) in [6, 6.07) is 33.0. The van der Waals surface area contributed by atoms with Crippen molar-refractivity contribution < 1.29 is 0 Å². The van der Waals surface area contributed by atoms with Crippen LogP contribution in [-0.4, -0.2) is 0 Å². The molecule has 0 amide bonds. The minimum absolute atomic E-state index is 1.06. The van der Waals surface area contributed by atoms with Crippen molar-refractivity contribution in [2.45, 2.75) is 158 Å². The molecular formula is C73H80S12. The molecule has 0 aliphatic rings. The van der Waals surface area contributed by atoms with E-state index in [4.69, 9.17) is 0 Å². The van der Waals surface area contributed by atoms with Crippen molar-refractivity contribution in [1.29, 1.82) is 0 Å². The van der Waals surface area contributed by atoms with E-state index < -0.39 is 0 Å². The van der Waals surface area contributed by atoms with Gasteiger partial charge in [-0.15, -0.1) is 136 Å². The predicted molar refractivity (Wildman–Crippen MR) is 410 cm³/mol. The van der Waals surface area contributed by atoms with Crippen LogP contribution >= 0.6 is 136 Å². The summed E-state index contributed by atoms with van der Waals surface area (Å²) >= 11 is 23.3. The number of thiophene rings is 12. The summed E-state index contributed by atoms with van der Waals surface area (Å²) in [5, 5.41) is 8.69. The number of hydrogen-bond acceptors (Lipinski definition) is 12. The molecule has 0 atom stereocenters. The smallest absolute Gasteiger partial charge is 0.0464 e. The van der Waals surface area contributed by atoms with Crippen LogP contribution in [0.25, 0.3) is 98.8 Å². The summed E-state index contributed by atoms with van der Waals surface area (Å²) in [5.41, 5.74) is 8.70. The average Bonchev–Trinajstić information content (AvgIpc) is 2.04. The molecule has 0 nitrogen and oxygen atoms in total. The van der Waals surface area contributed by atoms with Crippen molar-refractivity contribution in [3.05, 3.63) is 167 Å². The summed E-state index contributed by atoms with van der Waals surface area (Å²) < 4.78 is 14.6. The molecule has 3 aromatic carbocycles.